The first-order valence-electron chi connectivity index (χ1n) is 7.92. The number of benzene rings is 1. The molecule has 2 N–H and O–H groups in total. The quantitative estimate of drug-likeness (QED) is 0.911. The summed E-state index contributed by atoms with van der Waals surface area (Å²) in [5.74, 6) is 0. The molecule has 0 saturated carbocycles. The Morgan fingerprint density at radius 2 is 1.50 bits per heavy atom. The molecule has 1 heterocycles. The molecule has 2 nitrogen and oxygen atoms in total. The van der Waals surface area contributed by atoms with E-state index in [1.54, 1.807) is 0 Å². The van der Waals surface area contributed by atoms with Gasteiger partial charge in [0.1, 0.15) is 0 Å². The molecule has 0 amide bonds. The van der Waals surface area contributed by atoms with Gasteiger partial charge in [0.25, 0.3) is 0 Å². The van der Waals surface area contributed by atoms with Crippen molar-refractivity contribution in [2.45, 2.75) is 64.5 Å². The largest absolute Gasteiger partial charge is 0.313 e. The van der Waals surface area contributed by atoms with Crippen molar-refractivity contribution in [3.05, 3.63) is 35.4 Å². The fourth-order valence-electron chi connectivity index (χ4n) is 3.05. The summed E-state index contributed by atoms with van der Waals surface area (Å²) in [7, 11) is 0. The number of piperidine rings is 1. The monoisotopic (exact) mass is 274 g/mol. The molecule has 1 aliphatic heterocycles. The van der Waals surface area contributed by atoms with E-state index in [9.17, 15) is 0 Å². The lowest BCUT2D eigenvalue weighted by molar-refractivity contribution is 0.0856. The SMILES string of the molecule is CC(C)(C)c1ccc(CC(C)(N)N2CCCCC2)cc1. The third-order valence-electron chi connectivity index (χ3n) is 4.46. The van der Waals surface area contributed by atoms with Crippen molar-refractivity contribution in [2.75, 3.05) is 13.1 Å². The minimum absolute atomic E-state index is 0.219. The lowest BCUT2D eigenvalue weighted by Gasteiger charge is -2.41. The molecular weight excluding hydrogens is 244 g/mol. The van der Waals surface area contributed by atoms with E-state index in [2.05, 4.69) is 56.9 Å². The van der Waals surface area contributed by atoms with Crippen LogP contribution in [-0.2, 0) is 11.8 Å². The van der Waals surface area contributed by atoms with Gasteiger partial charge in [-0.25, -0.2) is 0 Å². The van der Waals surface area contributed by atoms with Crippen molar-refractivity contribution in [2.24, 2.45) is 5.73 Å². The Hall–Kier alpha value is -0.860. The molecule has 0 aliphatic carbocycles. The second kappa shape index (κ2) is 5.87. The second-order valence-corrected chi connectivity index (χ2v) is 7.53. The first kappa shape index (κ1) is 15.5. The highest BCUT2D eigenvalue weighted by atomic mass is 15.3. The molecule has 1 saturated heterocycles. The van der Waals surface area contributed by atoms with Crippen LogP contribution in [0.2, 0.25) is 0 Å². The molecular formula is C18H30N2. The summed E-state index contributed by atoms with van der Waals surface area (Å²) >= 11 is 0. The van der Waals surface area contributed by atoms with Crippen LogP contribution in [0, 0.1) is 0 Å². The van der Waals surface area contributed by atoms with Gasteiger partial charge in [0.15, 0.2) is 0 Å². The van der Waals surface area contributed by atoms with Gasteiger partial charge in [-0.2, -0.15) is 0 Å². The van der Waals surface area contributed by atoms with E-state index in [1.807, 2.05) is 0 Å². The first-order chi connectivity index (χ1) is 9.29. The van der Waals surface area contributed by atoms with Gasteiger partial charge in [-0.15, -0.1) is 0 Å². The topological polar surface area (TPSA) is 29.3 Å². The van der Waals surface area contributed by atoms with Gasteiger partial charge in [-0.05, 0) is 49.4 Å². The highest BCUT2D eigenvalue weighted by Gasteiger charge is 2.28. The average molecular weight is 274 g/mol. The van der Waals surface area contributed by atoms with Gasteiger partial charge in [0.05, 0.1) is 5.66 Å². The highest BCUT2D eigenvalue weighted by Crippen LogP contribution is 2.24. The Morgan fingerprint density at radius 1 is 0.950 bits per heavy atom. The van der Waals surface area contributed by atoms with Crippen LogP contribution in [-0.4, -0.2) is 23.7 Å². The molecule has 0 spiro atoms. The van der Waals surface area contributed by atoms with Crippen LogP contribution < -0.4 is 5.73 Å². The standard InChI is InChI=1S/C18H30N2/c1-17(2,3)16-10-8-15(9-11-16)14-18(4,19)20-12-6-5-7-13-20/h8-11H,5-7,12-14,19H2,1-4H3. The normalized spacial score (nSPS) is 20.6. The van der Waals surface area contributed by atoms with Gasteiger partial charge in [-0.1, -0.05) is 51.5 Å². The molecule has 2 rings (SSSR count). The summed E-state index contributed by atoms with van der Waals surface area (Å²) in [5, 5.41) is 0. The zero-order valence-corrected chi connectivity index (χ0v) is 13.6. The molecule has 0 aromatic heterocycles. The van der Waals surface area contributed by atoms with Crippen molar-refractivity contribution >= 4 is 0 Å². The summed E-state index contributed by atoms with van der Waals surface area (Å²) in [6, 6.07) is 8.99. The van der Waals surface area contributed by atoms with Gasteiger partial charge >= 0.3 is 0 Å². The van der Waals surface area contributed by atoms with Crippen molar-refractivity contribution in [1.82, 2.24) is 4.90 Å². The summed E-state index contributed by atoms with van der Waals surface area (Å²) in [6.07, 6.45) is 4.86. The van der Waals surface area contributed by atoms with Crippen LogP contribution >= 0.6 is 0 Å². The Morgan fingerprint density at radius 3 is 2.00 bits per heavy atom. The third-order valence-corrected chi connectivity index (χ3v) is 4.46. The fourth-order valence-corrected chi connectivity index (χ4v) is 3.05. The van der Waals surface area contributed by atoms with Crippen LogP contribution in [0.1, 0.15) is 58.1 Å². The minimum atomic E-state index is -0.219. The van der Waals surface area contributed by atoms with E-state index in [4.69, 9.17) is 5.73 Å². The Bertz CT molecular complexity index is 420. The molecule has 2 heteroatoms. The summed E-state index contributed by atoms with van der Waals surface area (Å²) in [6.45, 7) is 11.2. The number of rotatable bonds is 3. The molecule has 1 atom stereocenters. The first-order valence-corrected chi connectivity index (χ1v) is 7.92. The Kier molecular flexibility index (Phi) is 4.55. The van der Waals surface area contributed by atoms with Gasteiger partial charge in [-0.3, -0.25) is 4.90 Å². The van der Waals surface area contributed by atoms with E-state index in [1.165, 1.54) is 30.4 Å². The van der Waals surface area contributed by atoms with Crippen LogP contribution in [0.15, 0.2) is 24.3 Å². The third kappa shape index (κ3) is 3.83. The number of likely N-dealkylation sites (tertiary alicyclic amines) is 1. The summed E-state index contributed by atoms with van der Waals surface area (Å²) in [4.78, 5) is 2.45. The molecule has 0 bridgehead atoms. The lowest BCUT2D eigenvalue weighted by Crippen LogP contribution is -2.56. The smallest absolute Gasteiger partial charge is 0.0699 e. The van der Waals surface area contributed by atoms with Crippen molar-refractivity contribution in [1.29, 1.82) is 0 Å². The maximum Gasteiger partial charge on any atom is 0.0699 e. The van der Waals surface area contributed by atoms with Crippen LogP contribution in [0.5, 0.6) is 0 Å². The molecule has 1 aliphatic rings. The number of nitrogens with two attached hydrogens (primary N) is 1. The predicted octanol–water partition coefficient (Wildman–Crippen LogP) is 3.69. The second-order valence-electron chi connectivity index (χ2n) is 7.53. The average Bonchev–Trinajstić information content (AvgIpc) is 2.39. The number of nitrogens with zero attached hydrogens (tertiary/aromatic N) is 1. The van der Waals surface area contributed by atoms with E-state index in [0.29, 0.717) is 0 Å². The minimum Gasteiger partial charge on any atom is -0.313 e. The van der Waals surface area contributed by atoms with Gasteiger partial charge in [0.2, 0.25) is 0 Å². The lowest BCUT2D eigenvalue weighted by atomic mass is 9.86. The molecule has 112 valence electrons. The Balaban J connectivity index is 2.05. The van der Waals surface area contributed by atoms with Crippen LogP contribution in [0.4, 0.5) is 0 Å². The molecule has 20 heavy (non-hydrogen) atoms. The van der Waals surface area contributed by atoms with E-state index in [-0.39, 0.29) is 11.1 Å². The number of hydrogen-bond donors (Lipinski definition) is 1. The van der Waals surface area contributed by atoms with E-state index in [0.717, 1.165) is 19.5 Å². The van der Waals surface area contributed by atoms with Gasteiger partial charge in [0, 0.05) is 6.42 Å². The Labute approximate surface area is 124 Å². The highest BCUT2D eigenvalue weighted by molar-refractivity contribution is 5.28. The maximum absolute atomic E-state index is 6.57. The van der Waals surface area contributed by atoms with Gasteiger partial charge < -0.3 is 5.73 Å². The van der Waals surface area contributed by atoms with Crippen LogP contribution in [0.25, 0.3) is 0 Å². The molecule has 1 aromatic carbocycles. The molecule has 1 aromatic rings. The fraction of sp³-hybridized carbons (Fsp3) is 0.667. The molecule has 1 fully saturated rings. The maximum atomic E-state index is 6.57. The summed E-state index contributed by atoms with van der Waals surface area (Å²) < 4.78 is 0. The zero-order valence-electron chi connectivity index (χ0n) is 13.6. The van der Waals surface area contributed by atoms with E-state index < -0.39 is 0 Å². The van der Waals surface area contributed by atoms with Crippen molar-refractivity contribution in [3.8, 4) is 0 Å². The molecule has 0 radical (unpaired) electrons. The molecule has 1 unspecified atom stereocenters. The van der Waals surface area contributed by atoms with Crippen molar-refractivity contribution in [3.63, 3.8) is 0 Å². The summed E-state index contributed by atoms with van der Waals surface area (Å²) in [5.41, 5.74) is 9.30. The van der Waals surface area contributed by atoms with E-state index >= 15 is 0 Å². The van der Waals surface area contributed by atoms with Crippen LogP contribution in [0.3, 0.4) is 0 Å². The zero-order chi connectivity index (χ0) is 14.8. The number of hydrogen-bond acceptors (Lipinski definition) is 2. The van der Waals surface area contributed by atoms with Crippen molar-refractivity contribution < 1.29 is 0 Å². The predicted molar refractivity (Wildman–Crippen MR) is 86.9 cm³/mol.